The fourth-order valence-corrected chi connectivity index (χ4v) is 4.64. The fraction of sp³-hybridized carbons (Fsp3) is 0.750. The number of rotatable bonds is 3. The molecule has 0 saturated carbocycles. The summed E-state index contributed by atoms with van der Waals surface area (Å²) in [6.45, 7) is 7.72. The predicted octanol–water partition coefficient (Wildman–Crippen LogP) is 0.867. The summed E-state index contributed by atoms with van der Waals surface area (Å²) >= 11 is 0. The molecule has 0 aromatic carbocycles. The number of urea groups is 1. The van der Waals surface area contributed by atoms with Crippen LogP contribution in [0.3, 0.4) is 0 Å². The Morgan fingerprint density at radius 2 is 1.71 bits per heavy atom. The number of likely N-dealkylation sites (tertiary alicyclic amines) is 2. The van der Waals surface area contributed by atoms with Crippen molar-refractivity contribution in [2.45, 2.75) is 37.8 Å². The summed E-state index contributed by atoms with van der Waals surface area (Å²) in [6.07, 6.45) is 6.38. The van der Waals surface area contributed by atoms with Crippen LogP contribution in [0.4, 0.5) is 10.6 Å². The molecule has 4 rings (SSSR count). The molecule has 2 amide bonds. The number of carbonyl (C=O) groups excluding carboxylic acids is 1. The quantitative estimate of drug-likeness (QED) is 0.830. The topological polar surface area (TPSA) is 67.8 Å². The molecule has 28 heavy (non-hydrogen) atoms. The van der Waals surface area contributed by atoms with E-state index in [2.05, 4.69) is 37.3 Å². The lowest BCUT2D eigenvalue weighted by Gasteiger charge is -2.41. The lowest BCUT2D eigenvalue weighted by molar-refractivity contribution is 0.0919. The Kier molecular flexibility index (Phi) is 6.26. The number of anilines is 1. The number of carbonyl (C=O) groups is 1. The molecule has 3 fully saturated rings. The summed E-state index contributed by atoms with van der Waals surface area (Å²) in [5.74, 6) is 0.892. The summed E-state index contributed by atoms with van der Waals surface area (Å²) in [7, 11) is 2.21. The van der Waals surface area contributed by atoms with Crippen molar-refractivity contribution in [3.05, 3.63) is 18.3 Å². The summed E-state index contributed by atoms with van der Waals surface area (Å²) < 4.78 is 0. The van der Waals surface area contributed by atoms with Gasteiger partial charge < -0.3 is 24.9 Å². The second-order valence-electron chi connectivity index (χ2n) is 8.35. The number of amides is 2. The maximum absolute atomic E-state index is 12.7. The lowest BCUT2D eigenvalue weighted by atomic mass is 9.98. The Morgan fingerprint density at radius 3 is 2.36 bits per heavy atom. The van der Waals surface area contributed by atoms with Crippen molar-refractivity contribution in [1.82, 2.24) is 30.2 Å². The lowest BCUT2D eigenvalue weighted by Crippen LogP contribution is -2.56. The Labute approximate surface area is 167 Å². The molecule has 8 nitrogen and oxygen atoms in total. The molecule has 3 aliphatic heterocycles. The average molecular weight is 388 g/mol. The number of nitrogens with zero attached hydrogens (tertiary/aromatic N) is 6. The number of nitrogens with one attached hydrogen (secondary N) is 1. The van der Waals surface area contributed by atoms with E-state index in [9.17, 15) is 4.79 Å². The van der Waals surface area contributed by atoms with E-state index in [-0.39, 0.29) is 6.03 Å². The van der Waals surface area contributed by atoms with E-state index in [0.29, 0.717) is 6.04 Å². The van der Waals surface area contributed by atoms with Crippen LogP contribution in [0.5, 0.6) is 0 Å². The second kappa shape index (κ2) is 9.05. The van der Waals surface area contributed by atoms with Crippen LogP contribution < -0.4 is 10.2 Å². The van der Waals surface area contributed by atoms with Gasteiger partial charge in [-0.3, -0.25) is 0 Å². The van der Waals surface area contributed by atoms with E-state index in [1.807, 2.05) is 17.0 Å². The largest absolute Gasteiger partial charge is 0.352 e. The number of piperazine rings is 1. The molecule has 0 spiro atoms. The van der Waals surface area contributed by atoms with Gasteiger partial charge in [-0.05, 0) is 58.0 Å². The van der Waals surface area contributed by atoms with E-state index in [1.54, 1.807) is 6.20 Å². The minimum atomic E-state index is 0.0940. The third-order valence-corrected chi connectivity index (χ3v) is 6.51. The van der Waals surface area contributed by atoms with Gasteiger partial charge in [-0.25, -0.2) is 4.79 Å². The normalized spacial score (nSPS) is 23.8. The van der Waals surface area contributed by atoms with E-state index < -0.39 is 0 Å². The van der Waals surface area contributed by atoms with E-state index in [4.69, 9.17) is 0 Å². The third kappa shape index (κ3) is 4.72. The maximum Gasteiger partial charge on any atom is 0.317 e. The van der Waals surface area contributed by atoms with Gasteiger partial charge in [0.05, 0.1) is 0 Å². The molecular formula is C20H33N7O. The van der Waals surface area contributed by atoms with Crippen LogP contribution in [0.25, 0.3) is 0 Å². The van der Waals surface area contributed by atoms with Crippen molar-refractivity contribution in [2.24, 2.45) is 0 Å². The molecule has 3 saturated heterocycles. The smallest absolute Gasteiger partial charge is 0.317 e. The molecule has 4 heterocycles. The molecule has 3 aliphatic rings. The van der Waals surface area contributed by atoms with E-state index >= 15 is 0 Å². The Morgan fingerprint density at radius 1 is 1.00 bits per heavy atom. The molecule has 154 valence electrons. The second-order valence-corrected chi connectivity index (χ2v) is 8.35. The highest BCUT2D eigenvalue weighted by Gasteiger charge is 2.29. The van der Waals surface area contributed by atoms with Crippen LogP contribution in [0, 0.1) is 0 Å². The molecule has 1 aromatic heterocycles. The molecule has 0 bridgehead atoms. The zero-order valence-electron chi connectivity index (χ0n) is 17.0. The number of hydrogen-bond acceptors (Lipinski definition) is 6. The van der Waals surface area contributed by atoms with Crippen LogP contribution in [-0.4, -0.2) is 102 Å². The summed E-state index contributed by atoms with van der Waals surface area (Å²) in [6, 6.07) is 5.02. The molecule has 0 radical (unpaired) electrons. The first-order valence-corrected chi connectivity index (χ1v) is 10.7. The van der Waals surface area contributed by atoms with Gasteiger partial charge in [-0.2, -0.15) is 5.10 Å². The number of hydrogen-bond donors (Lipinski definition) is 1. The molecule has 1 aromatic rings. The SMILES string of the molecule is CN1CCC(N2CCC(NC(=O)N3CCN(c4cccnn4)CC3)CC2)CC1. The van der Waals surface area contributed by atoms with Gasteiger partial charge in [-0.1, -0.05) is 0 Å². The van der Waals surface area contributed by atoms with E-state index in [0.717, 1.165) is 64.0 Å². The average Bonchev–Trinajstić information content (AvgIpc) is 2.76. The van der Waals surface area contributed by atoms with Gasteiger partial charge >= 0.3 is 6.03 Å². The fourth-order valence-electron chi connectivity index (χ4n) is 4.64. The first kappa shape index (κ1) is 19.4. The van der Waals surface area contributed by atoms with Crippen molar-refractivity contribution in [2.75, 3.05) is 64.3 Å². The summed E-state index contributed by atoms with van der Waals surface area (Å²) in [5, 5.41) is 11.4. The molecule has 8 heteroatoms. The Hall–Kier alpha value is -1.93. The monoisotopic (exact) mass is 387 g/mol. The van der Waals surface area contributed by atoms with Gasteiger partial charge in [-0.15, -0.1) is 5.10 Å². The highest BCUT2D eigenvalue weighted by atomic mass is 16.2. The standard InChI is InChI=1S/C20H33N7O/c1-24-9-6-18(7-10-24)25-11-4-17(5-12-25)22-20(28)27-15-13-26(14-16-27)19-3-2-8-21-23-19/h2-3,8,17-18H,4-7,9-16H2,1H3,(H,22,28). The highest BCUT2D eigenvalue weighted by molar-refractivity contribution is 5.74. The van der Waals surface area contributed by atoms with Gasteiger partial charge in [0.25, 0.3) is 0 Å². The first-order chi connectivity index (χ1) is 13.7. The van der Waals surface area contributed by atoms with Crippen molar-refractivity contribution in [3.63, 3.8) is 0 Å². The van der Waals surface area contributed by atoms with Crippen molar-refractivity contribution in [3.8, 4) is 0 Å². The zero-order valence-corrected chi connectivity index (χ0v) is 17.0. The van der Waals surface area contributed by atoms with Crippen LogP contribution in [-0.2, 0) is 0 Å². The van der Waals surface area contributed by atoms with Crippen LogP contribution >= 0.6 is 0 Å². The molecule has 1 N–H and O–H groups in total. The van der Waals surface area contributed by atoms with Crippen LogP contribution in [0.1, 0.15) is 25.7 Å². The summed E-state index contributed by atoms with van der Waals surface area (Å²) in [4.78, 5) is 21.9. The minimum absolute atomic E-state index is 0.0940. The Bertz CT molecular complexity index is 619. The number of piperidine rings is 2. The minimum Gasteiger partial charge on any atom is -0.352 e. The van der Waals surface area contributed by atoms with Crippen molar-refractivity contribution in [1.29, 1.82) is 0 Å². The first-order valence-electron chi connectivity index (χ1n) is 10.7. The van der Waals surface area contributed by atoms with Crippen molar-refractivity contribution >= 4 is 11.8 Å². The van der Waals surface area contributed by atoms with Gasteiger partial charge in [0.1, 0.15) is 0 Å². The van der Waals surface area contributed by atoms with Gasteiger partial charge in [0.2, 0.25) is 0 Å². The third-order valence-electron chi connectivity index (χ3n) is 6.51. The van der Waals surface area contributed by atoms with Crippen molar-refractivity contribution < 1.29 is 4.79 Å². The van der Waals surface area contributed by atoms with Crippen LogP contribution in [0.2, 0.25) is 0 Å². The molecule has 0 unspecified atom stereocenters. The number of aromatic nitrogens is 2. The molecule has 0 atom stereocenters. The summed E-state index contributed by atoms with van der Waals surface area (Å²) in [5.41, 5.74) is 0. The van der Waals surface area contributed by atoms with Crippen LogP contribution in [0.15, 0.2) is 18.3 Å². The predicted molar refractivity (Wildman–Crippen MR) is 109 cm³/mol. The highest BCUT2D eigenvalue weighted by Crippen LogP contribution is 2.21. The van der Waals surface area contributed by atoms with Gasteiger partial charge in [0.15, 0.2) is 5.82 Å². The van der Waals surface area contributed by atoms with E-state index in [1.165, 1.54) is 25.9 Å². The zero-order chi connectivity index (χ0) is 19.3. The molecular weight excluding hydrogens is 354 g/mol. The maximum atomic E-state index is 12.7. The van der Waals surface area contributed by atoms with Gasteiger partial charge in [0, 0.05) is 57.5 Å². The molecule has 0 aliphatic carbocycles. The Balaban J connectivity index is 1.18.